The number of benzene rings is 2. The highest BCUT2D eigenvalue weighted by Crippen LogP contribution is 2.37. The lowest BCUT2D eigenvalue weighted by molar-refractivity contribution is -0.138. The van der Waals surface area contributed by atoms with E-state index < -0.39 is 48.8 Å². The zero-order valence-electron chi connectivity index (χ0n) is 19.8. The number of amides is 2. The molecule has 0 fully saturated rings. The number of primary amides is 2. The Balaban J connectivity index is 1.86. The Hall–Kier alpha value is -4.62. The van der Waals surface area contributed by atoms with E-state index in [1.54, 1.807) is 0 Å². The summed E-state index contributed by atoms with van der Waals surface area (Å²) in [4.78, 5) is 40.7. The number of guanidine groups is 1. The predicted molar refractivity (Wildman–Crippen MR) is 132 cm³/mol. The number of halogens is 3. The van der Waals surface area contributed by atoms with Gasteiger partial charge in [0.1, 0.15) is 12.2 Å². The van der Waals surface area contributed by atoms with Crippen LogP contribution in [-0.2, 0) is 9.59 Å². The maximum Gasteiger partial charge on any atom is 0.304 e. The van der Waals surface area contributed by atoms with Crippen LogP contribution in [-0.4, -0.2) is 57.9 Å². The van der Waals surface area contributed by atoms with Crippen LogP contribution in [0.1, 0.15) is 46.3 Å². The summed E-state index contributed by atoms with van der Waals surface area (Å²) in [5.41, 5.74) is 11.5. The van der Waals surface area contributed by atoms with Gasteiger partial charge in [0.05, 0.1) is 36.9 Å². The number of rotatable bonds is 9. The van der Waals surface area contributed by atoms with Crippen molar-refractivity contribution in [2.45, 2.75) is 31.0 Å². The number of nitrogens with one attached hydrogen (secondary N) is 2. The number of anilines is 1. The zero-order valence-corrected chi connectivity index (χ0v) is 19.8. The molecule has 2 unspecified atom stereocenters. The summed E-state index contributed by atoms with van der Waals surface area (Å²) in [6.07, 6.45) is -3.26. The molecule has 3 aromatic rings. The first-order chi connectivity index (χ1) is 18.0. The Labute approximate surface area is 213 Å². The molecule has 4 rings (SSSR count). The number of aliphatic carboxylic acids is 1. The first-order valence-corrected chi connectivity index (χ1v) is 11.4. The first kappa shape index (κ1) is 26.4. The van der Waals surface area contributed by atoms with Crippen LogP contribution < -0.4 is 22.1 Å². The van der Waals surface area contributed by atoms with Gasteiger partial charge >= 0.3 is 5.97 Å². The molecule has 0 radical (unpaired) electrons. The highest BCUT2D eigenvalue weighted by molar-refractivity contribution is 6.07. The van der Waals surface area contributed by atoms with Crippen LogP contribution in [0.25, 0.3) is 10.9 Å². The number of hydrogen-bond acceptors (Lipinski definition) is 7. The van der Waals surface area contributed by atoms with Crippen molar-refractivity contribution in [2.24, 2.45) is 16.5 Å². The van der Waals surface area contributed by atoms with Gasteiger partial charge < -0.3 is 27.2 Å². The van der Waals surface area contributed by atoms with Crippen molar-refractivity contribution in [3.63, 3.8) is 0 Å². The summed E-state index contributed by atoms with van der Waals surface area (Å²) in [5, 5.41) is 19.9. The summed E-state index contributed by atoms with van der Waals surface area (Å²) < 4.78 is 41.4. The number of nitrogens with two attached hydrogens (primary N) is 2. The molecular weight excluding hydrogens is 507 g/mol. The van der Waals surface area contributed by atoms with Crippen LogP contribution in [0.3, 0.4) is 0 Å². The summed E-state index contributed by atoms with van der Waals surface area (Å²) >= 11 is 0. The quantitative estimate of drug-likeness (QED) is 0.280. The number of aromatic nitrogens is 2. The van der Waals surface area contributed by atoms with Crippen LogP contribution in [0.5, 0.6) is 0 Å². The lowest BCUT2D eigenvalue weighted by Gasteiger charge is -2.26. The van der Waals surface area contributed by atoms with Crippen molar-refractivity contribution in [3.05, 3.63) is 59.3 Å². The Morgan fingerprint density at radius 2 is 1.92 bits per heavy atom. The standard InChI is InChI=1S/C24H24F3N7O4/c25-14-8-30-24(31-9-14)33-17-5-13(22(28)37)6-18-16(17)10-32-34(18)20(23(29)38)15(7-19(35)36)11-2-1-3-12(4-11)21(26)27/h1-6,10,14-15,20-21H,7-9H2,(H2,28,37)(H2,29,38)(H,35,36)(H2,30,31,33)/t15-,20?/m0/s1. The predicted octanol–water partition coefficient (Wildman–Crippen LogP) is 2.07. The van der Waals surface area contributed by atoms with Crippen LogP contribution in [0, 0.1) is 0 Å². The number of hydrogen-bond donors (Lipinski definition) is 5. The van der Waals surface area contributed by atoms with E-state index in [2.05, 4.69) is 20.7 Å². The Kier molecular flexibility index (Phi) is 7.50. The van der Waals surface area contributed by atoms with E-state index in [0.717, 1.165) is 10.7 Å². The third-order valence-corrected chi connectivity index (χ3v) is 6.11. The van der Waals surface area contributed by atoms with Crippen molar-refractivity contribution in [2.75, 3.05) is 18.4 Å². The lowest BCUT2D eigenvalue weighted by Crippen LogP contribution is -2.41. The van der Waals surface area contributed by atoms with Crippen LogP contribution >= 0.6 is 0 Å². The number of carbonyl (C=O) groups excluding carboxylic acids is 2. The van der Waals surface area contributed by atoms with Crippen LogP contribution in [0.15, 0.2) is 47.6 Å². The minimum atomic E-state index is -2.83. The number of fused-ring (bicyclic) bond motifs is 1. The molecule has 7 N–H and O–H groups in total. The second kappa shape index (κ2) is 10.8. The third-order valence-electron chi connectivity index (χ3n) is 6.11. The zero-order chi connectivity index (χ0) is 27.6. The smallest absolute Gasteiger partial charge is 0.304 e. The fraction of sp³-hybridized carbons (Fsp3) is 0.292. The molecule has 0 bridgehead atoms. The molecule has 38 heavy (non-hydrogen) atoms. The van der Waals surface area contributed by atoms with E-state index in [0.29, 0.717) is 11.1 Å². The maximum absolute atomic E-state index is 13.5. The average Bonchev–Trinajstić information content (AvgIpc) is 3.28. The van der Waals surface area contributed by atoms with E-state index in [9.17, 15) is 32.7 Å². The van der Waals surface area contributed by atoms with E-state index in [-0.39, 0.29) is 41.3 Å². The van der Waals surface area contributed by atoms with Crippen LogP contribution in [0.4, 0.5) is 18.9 Å². The van der Waals surface area contributed by atoms with Crippen molar-refractivity contribution in [1.29, 1.82) is 0 Å². The van der Waals surface area contributed by atoms with Gasteiger partial charge in [-0.1, -0.05) is 18.2 Å². The van der Waals surface area contributed by atoms with Crippen molar-refractivity contribution >= 4 is 40.3 Å². The molecule has 14 heteroatoms. The number of carboxylic acids is 1. The van der Waals surface area contributed by atoms with E-state index >= 15 is 0 Å². The molecule has 0 saturated carbocycles. The van der Waals surface area contributed by atoms with Gasteiger partial charge in [0.15, 0.2) is 5.96 Å². The largest absolute Gasteiger partial charge is 0.481 e. The van der Waals surface area contributed by atoms with E-state index in [1.165, 1.54) is 36.5 Å². The average molecular weight is 531 g/mol. The molecule has 200 valence electrons. The van der Waals surface area contributed by atoms with Crippen molar-refractivity contribution in [3.8, 4) is 0 Å². The van der Waals surface area contributed by atoms with Gasteiger partial charge in [0.25, 0.3) is 6.43 Å². The fourth-order valence-corrected chi connectivity index (χ4v) is 4.36. The van der Waals surface area contributed by atoms with Crippen molar-refractivity contribution < 1.29 is 32.7 Å². The lowest BCUT2D eigenvalue weighted by atomic mass is 9.87. The van der Waals surface area contributed by atoms with Gasteiger partial charge in [-0.3, -0.25) is 19.1 Å². The Bertz CT molecular complexity index is 1430. The number of nitrogens with zero attached hydrogens (tertiary/aromatic N) is 3. The molecule has 1 aromatic heterocycles. The minimum absolute atomic E-state index is 0.0132. The molecule has 2 aromatic carbocycles. The highest BCUT2D eigenvalue weighted by Gasteiger charge is 2.34. The molecule has 0 aliphatic carbocycles. The summed E-state index contributed by atoms with van der Waals surface area (Å²) in [6, 6.07) is 6.39. The van der Waals surface area contributed by atoms with Crippen LogP contribution in [0.2, 0.25) is 0 Å². The molecule has 3 atom stereocenters. The topological polar surface area (TPSA) is 178 Å². The van der Waals surface area contributed by atoms with Gasteiger partial charge in [0.2, 0.25) is 11.8 Å². The number of aliphatic imine (C=N–C) groups is 1. The monoisotopic (exact) mass is 531 g/mol. The van der Waals surface area contributed by atoms with Crippen molar-refractivity contribution in [1.82, 2.24) is 15.1 Å². The Morgan fingerprint density at radius 3 is 2.53 bits per heavy atom. The second-order valence-electron chi connectivity index (χ2n) is 8.72. The summed E-state index contributed by atoms with van der Waals surface area (Å²) in [5.74, 6) is -4.05. The summed E-state index contributed by atoms with van der Waals surface area (Å²) in [6.45, 7) is -0.0619. The molecule has 0 spiro atoms. The SMILES string of the molecule is NC(=O)c1cc(NC2=NCC(F)CN2)c2cnn(C(C(N)=O)[C@@H](CC(=O)O)c3cccc(C(F)F)c3)c2c1. The van der Waals surface area contributed by atoms with Gasteiger partial charge in [0, 0.05) is 22.4 Å². The number of carbonyl (C=O) groups is 3. The fourth-order valence-electron chi connectivity index (χ4n) is 4.36. The van der Waals surface area contributed by atoms with Gasteiger partial charge in [-0.2, -0.15) is 5.10 Å². The van der Waals surface area contributed by atoms with Gasteiger partial charge in [-0.15, -0.1) is 0 Å². The number of alkyl halides is 3. The molecule has 0 saturated heterocycles. The first-order valence-electron chi connectivity index (χ1n) is 11.4. The number of carboxylic acid groups (broad SMARTS) is 1. The highest BCUT2D eigenvalue weighted by atomic mass is 19.3. The second-order valence-corrected chi connectivity index (χ2v) is 8.72. The van der Waals surface area contributed by atoms with E-state index in [4.69, 9.17) is 11.5 Å². The normalized spacial score (nSPS) is 16.9. The molecule has 1 aliphatic rings. The maximum atomic E-state index is 13.5. The minimum Gasteiger partial charge on any atom is -0.481 e. The Morgan fingerprint density at radius 1 is 1.18 bits per heavy atom. The van der Waals surface area contributed by atoms with Gasteiger partial charge in [-0.05, 0) is 23.8 Å². The van der Waals surface area contributed by atoms with Gasteiger partial charge in [-0.25, -0.2) is 18.2 Å². The molecule has 2 heterocycles. The third kappa shape index (κ3) is 5.53. The molecule has 1 aliphatic heterocycles. The molecule has 2 amide bonds. The van der Waals surface area contributed by atoms with E-state index in [1.807, 2.05) is 0 Å². The summed E-state index contributed by atoms with van der Waals surface area (Å²) in [7, 11) is 0. The molecule has 11 nitrogen and oxygen atoms in total. The molecular formula is C24H24F3N7O4.